The topological polar surface area (TPSA) is 17.8 Å². The zero-order chi connectivity index (χ0) is 10.3. The van der Waals surface area contributed by atoms with Gasteiger partial charge in [0.1, 0.15) is 0 Å². The third-order valence-corrected chi connectivity index (χ3v) is 3.94. The maximum absolute atomic E-state index is 4.60. The molecule has 1 aromatic heterocycles. The van der Waals surface area contributed by atoms with Crippen LogP contribution in [-0.2, 0) is 6.54 Å². The van der Waals surface area contributed by atoms with Crippen molar-refractivity contribution in [2.24, 2.45) is 0 Å². The van der Waals surface area contributed by atoms with E-state index in [1.807, 2.05) is 23.9 Å². The first kappa shape index (κ1) is 12.2. The summed E-state index contributed by atoms with van der Waals surface area (Å²) in [6.45, 7) is 1.09. The van der Waals surface area contributed by atoms with Crippen LogP contribution in [0.2, 0.25) is 0 Å². The van der Waals surface area contributed by atoms with Crippen LogP contribution >= 0.6 is 27.7 Å². The van der Waals surface area contributed by atoms with Gasteiger partial charge < -0.3 is 21.5 Å². The van der Waals surface area contributed by atoms with Gasteiger partial charge in [0.25, 0.3) is 0 Å². The molecule has 0 amide bonds. The third kappa shape index (κ3) is 2.21. The average molecular weight is 361 g/mol. The molecule has 0 saturated carbocycles. The summed E-state index contributed by atoms with van der Waals surface area (Å²) in [6.07, 6.45) is 2.14. The molecule has 1 aromatic carbocycles. The van der Waals surface area contributed by atoms with E-state index in [9.17, 15) is 0 Å². The minimum absolute atomic E-state index is 0. The Bertz CT molecular complexity index is 472. The number of thioether (sulfide) groups is 1. The molecule has 0 atom stereocenters. The molecule has 5 heteroatoms. The normalized spacial score (nSPS) is 13.3. The van der Waals surface area contributed by atoms with Gasteiger partial charge in [0.15, 0.2) is 5.16 Å². The van der Waals surface area contributed by atoms with Crippen molar-refractivity contribution in [3.8, 4) is 11.3 Å². The van der Waals surface area contributed by atoms with Crippen molar-refractivity contribution in [3.63, 3.8) is 0 Å². The van der Waals surface area contributed by atoms with Crippen LogP contribution in [0.3, 0.4) is 0 Å². The summed E-state index contributed by atoms with van der Waals surface area (Å²) in [4.78, 5) is 4.60. The lowest BCUT2D eigenvalue weighted by atomic mass is 10.2. The number of benzene rings is 1. The fourth-order valence-corrected chi connectivity index (χ4v) is 2.88. The van der Waals surface area contributed by atoms with Crippen molar-refractivity contribution in [3.05, 3.63) is 34.9 Å². The van der Waals surface area contributed by atoms with Crippen LogP contribution in [0.25, 0.3) is 11.3 Å². The predicted molar refractivity (Wildman–Crippen MR) is 66.1 cm³/mol. The lowest BCUT2D eigenvalue weighted by molar-refractivity contribution is -0.00000285. The largest absolute Gasteiger partial charge is 1.00 e. The van der Waals surface area contributed by atoms with E-state index in [1.54, 1.807) is 0 Å². The molecular formula is C11H9Br2N2S-. The molecule has 84 valence electrons. The second-order valence-corrected chi connectivity index (χ2v) is 5.44. The summed E-state index contributed by atoms with van der Waals surface area (Å²) >= 11 is 5.26. The van der Waals surface area contributed by atoms with Gasteiger partial charge in [-0.1, -0.05) is 39.8 Å². The van der Waals surface area contributed by atoms with Gasteiger partial charge in [-0.05, 0) is 12.1 Å². The van der Waals surface area contributed by atoms with Gasteiger partial charge in [0, 0.05) is 28.5 Å². The molecule has 1 aliphatic heterocycles. The molecule has 1 aliphatic rings. The Hall–Kier alpha value is -0.260. The molecular weight excluding hydrogens is 352 g/mol. The SMILES string of the molecule is Brc1ccc(-c2cn3c(n2)SCC3)cc1.[Br-]. The molecule has 0 aliphatic carbocycles. The fourth-order valence-electron chi connectivity index (χ4n) is 1.67. The Morgan fingerprint density at radius 3 is 2.69 bits per heavy atom. The highest BCUT2D eigenvalue weighted by Crippen LogP contribution is 2.29. The molecule has 2 heterocycles. The van der Waals surface area contributed by atoms with E-state index in [1.165, 1.54) is 5.56 Å². The van der Waals surface area contributed by atoms with Crippen LogP contribution in [0.1, 0.15) is 0 Å². The summed E-state index contributed by atoms with van der Waals surface area (Å²) in [6, 6.07) is 8.28. The van der Waals surface area contributed by atoms with Gasteiger partial charge in [-0.25, -0.2) is 4.98 Å². The van der Waals surface area contributed by atoms with Crippen LogP contribution < -0.4 is 17.0 Å². The average Bonchev–Trinajstić information content (AvgIpc) is 2.78. The lowest BCUT2D eigenvalue weighted by Crippen LogP contribution is -3.00. The number of aromatic nitrogens is 2. The van der Waals surface area contributed by atoms with Gasteiger partial charge in [0.2, 0.25) is 0 Å². The number of halogens is 2. The van der Waals surface area contributed by atoms with Crippen molar-refractivity contribution >= 4 is 27.7 Å². The van der Waals surface area contributed by atoms with Gasteiger partial charge in [-0.2, -0.15) is 0 Å². The molecule has 2 aromatic rings. The van der Waals surface area contributed by atoms with Crippen LogP contribution in [-0.4, -0.2) is 15.3 Å². The van der Waals surface area contributed by atoms with Crippen molar-refractivity contribution < 1.29 is 17.0 Å². The molecule has 0 radical (unpaired) electrons. The van der Waals surface area contributed by atoms with E-state index in [-0.39, 0.29) is 17.0 Å². The molecule has 0 saturated heterocycles. The molecule has 16 heavy (non-hydrogen) atoms. The van der Waals surface area contributed by atoms with Crippen LogP contribution in [0.5, 0.6) is 0 Å². The Kier molecular flexibility index (Phi) is 3.77. The van der Waals surface area contributed by atoms with E-state index in [0.29, 0.717) is 0 Å². The standard InChI is InChI=1S/C11H9BrN2S.BrH/c12-9-3-1-8(2-4-9)10-7-14-5-6-15-11(14)13-10;/h1-4,7H,5-6H2;1H/p-1. The van der Waals surface area contributed by atoms with E-state index >= 15 is 0 Å². The summed E-state index contributed by atoms with van der Waals surface area (Å²) in [7, 11) is 0. The molecule has 3 rings (SSSR count). The van der Waals surface area contributed by atoms with Gasteiger partial charge in [-0.3, -0.25) is 0 Å². The van der Waals surface area contributed by atoms with Crippen molar-refractivity contribution in [1.29, 1.82) is 0 Å². The monoisotopic (exact) mass is 359 g/mol. The van der Waals surface area contributed by atoms with E-state index in [2.05, 4.69) is 43.8 Å². The number of imidazole rings is 1. The fraction of sp³-hybridized carbons (Fsp3) is 0.182. The summed E-state index contributed by atoms with van der Waals surface area (Å²) in [5.41, 5.74) is 2.26. The summed E-state index contributed by atoms with van der Waals surface area (Å²) in [5.74, 6) is 1.16. The first-order valence-electron chi connectivity index (χ1n) is 4.79. The van der Waals surface area contributed by atoms with Gasteiger partial charge in [-0.15, -0.1) is 0 Å². The third-order valence-electron chi connectivity index (χ3n) is 2.44. The summed E-state index contributed by atoms with van der Waals surface area (Å²) in [5, 5.41) is 1.15. The Balaban J connectivity index is 0.000000963. The number of rotatable bonds is 1. The number of nitrogens with zero attached hydrogens (tertiary/aromatic N) is 2. The number of aryl methyl sites for hydroxylation is 1. The molecule has 0 N–H and O–H groups in total. The smallest absolute Gasteiger partial charge is 0.168 e. The minimum atomic E-state index is 0. The zero-order valence-corrected chi connectivity index (χ0v) is 12.3. The van der Waals surface area contributed by atoms with Crippen molar-refractivity contribution in [2.45, 2.75) is 11.7 Å². The molecule has 0 unspecified atom stereocenters. The van der Waals surface area contributed by atoms with Gasteiger partial charge >= 0.3 is 0 Å². The molecule has 0 fully saturated rings. The Morgan fingerprint density at radius 1 is 1.25 bits per heavy atom. The number of hydrogen-bond acceptors (Lipinski definition) is 2. The van der Waals surface area contributed by atoms with Gasteiger partial charge in [0.05, 0.1) is 5.69 Å². The highest BCUT2D eigenvalue weighted by atomic mass is 79.9. The van der Waals surface area contributed by atoms with Crippen LogP contribution in [0, 0.1) is 0 Å². The highest BCUT2D eigenvalue weighted by Gasteiger charge is 2.14. The predicted octanol–water partition coefficient (Wildman–Crippen LogP) is 0.422. The van der Waals surface area contributed by atoms with Crippen LogP contribution in [0.15, 0.2) is 40.1 Å². The van der Waals surface area contributed by atoms with Crippen molar-refractivity contribution in [2.75, 3.05) is 5.75 Å². The highest BCUT2D eigenvalue weighted by molar-refractivity contribution is 9.10. The zero-order valence-electron chi connectivity index (χ0n) is 8.36. The molecule has 0 spiro atoms. The van der Waals surface area contributed by atoms with Crippen LogP contribution in [0.4, 0.5) is 0 Å². The second-order valence-electron chi connectivity index (χ2n) is 3.46. The Labute approximate surface area is 117 Å². The van der Waals surface area contributed by atoms with Crippen molar-refractivity contribution in [1.82, 2.24) is 9.55 Å². The number of hydrogen-bond donors (Lipinski definition) is 0. The van der Waals surface area contributed by atoms with E-state index in [0.717, 1.165) is 27.6 Å². The quantitative estimate of drug-likeness (QED) is 0.733. The minimum Gasteiger partial charge on any atom is -1.00 e. The Morgan fingerprint density at radius 2 is 2.00 bits per heavy atom. The summed E-state index contributed by atoms with van der Waals surface area (Å²) < 4.78 is 3.33. The first-order chi connectivity index (χ1) is 7.33. The second kappa shape index (κ2) is 4.94. The molecule has 0 bridgehead atoms. The van der Waals surface area contributed by atoms with E-state index < -0.39 is 0 Å². The number of fused-ring (bicyclic) bond motifs is 1. The van der Waals surface area contributed by atoms with E-state index in [4.69, 9.17) is 0 Å². The molecule has 2 nitrogen and oxygen atoms in total. The lowest BCUT2D eigenvalue weighted by Gasteiger charge is -1.96. The maximum Gasteiger partial charge on any atom is 0.168 e. The maximum atomic E-state index is 4.60. The first-order valence-corrected chi connectivity index (χ1v) is 6.57.